The molecule has 0 N–H and O–H groups in total. The molecule has 0 spiro atoms. The van der Waals surface area contributed by atoms with Crippen LogP contribution in [0, 0.1) is 0 Å². The topological polar surface area (TPSA) is 99.5 Å². The Hall–Kier alpha value is -3.43. The predicted molar refractivity (Wildman–Crippen MR) is 193 cm³/mol. The third-order valence-corrected chi connectivity index (χ3v) is 11.7. The normalized spacial score (nSPS) is 12.3. The van der Waals surface area contributed by atoms with Crippen molar-refractivity contribution in [3.8, 4) is 22.3 Å². The molecular formula is C38H51NO6S2. The Morgan fingerprint density at radius 2 is 1.02 bits per heavy atom. The van der Waals surface area contributed by atoms with Gasteiger partial charge in [0.15, 0.2) is 25.1 Å². The summed E-state index contributed by atoms with van der Waals surface area (Å²) >= 11 is 0. The maximum Gasteiger partial charge on any atom is 0.197 e. The molecule has 0 bridgehead atoms. The molecule has 0 aliphatic rings. The van der Waals surface area contributed by atoms with E-state index in [1.54, 1.807) is 36.4 Å². The van der Waals surface area contributed by atoms with Crippen LogP contribution in [0.15, 0.2) is 99.8 Å². The van der Waals surface area contributed by atoms with Crippen molar-refractivity contribution in [2.75, 3.05) is 18.6 Å². The lowest BCUT2D eigenvalue weighted by Crippen LogP contribution is -2.16. The minimum Gasteiger partial charge on any atom is -0.418 e. The fraction of sp³-hybridized carbons (Fsp3) is 0.447. The van der Waals surface area contributed by atoms with Gasteiger partial charge in [-0.25, -0.2) is 16.8 Å². The molecule has 9 heteroatoms. The van der Waals surface area contributed by atoms with Crippen molar-refractivity contribution in [1.29, 1.82) is 0 Å². The van der Waals surface area contributed by atoms with Gasteiger partial charge in [0.25, 0.3) is 0 Å². The first-order chi connectivity index (χ1) is 22.6. The summed E-state index contributed by atoms with van der Waals surface area (Å²) in [4.78, 5) is 19.6. The van der Waals surface area contributed by atoms with E-state index in [-0.39, 0.29) is 37.9 Å². The first-order valence-electron chi connectivity index (χ1n) is 16.9. The summed E-state index contributed by atoms with van der Waals surface area (Å²) in [6, 6.07) is 12.8. The van der Waals surface area contributed by atoms with Gasteiger partial charge in [-0.05, 0) is 86.8 Å². The summed E-state index contributed by atoms with van der Waals surface area (Å²) in [6.07, 6.45) is 22.8. The monoisotopic (exact) mass is 681 g/mol. The SMILES string of the molecule is CCCCC/C=C/CCCS(=O)(=O)c1cccc(-c2cn(OC)cc(-c3cccc(S(=O)(=O)CCC/C=C/CCCCC)c3)c2=O)c1. The second-order valence-electron chi connectivity index (χ2n) is 11.9. The third kappa shape index (κ3) is 12.0. The van der Waals surface area contributed by atoms with Crippen LogP contribution in [0.5, 0.6) is 0 Å². The van der Waals surface area contributed by atoms with Crippen LogP contribution in [0.2, 0.25) is 0 Å². The van der Waals surface area contributed by atoms with E-state index in [1.165, 1.54) is 62.0 Å². The van der Waals surface area contributed by atoms with Crippen LogP contribution in [0.1, 0.15) is 90.9 Å². The summed E-state index contributed by atoms with van der Waals surface area (Å²) < 4.78 is 54.1. The van der Waals surface area contributed by atoms with Gasteiger partial charge in [-0.2, -0.15) is 4.73 Å². The Bertz CT molecular complexity index is 1630. The second kappa shape index (κ2) is 19.4. The molecule has 1 aromatic heterocycles. The van der Waals surface area contributed by atoms with Crippen molar-refractivity contribution in [3.05, 3.63) is 95.5 Å². The van der Waals surface area contributed by atoms with E-state index in [0.717, 1.165) is 25.7 Å². The summed E-state index contributed by atoms with van der Waals surface area (Å²) in [5.74, 6) is 0.0171. The zero-order valence-corrected chi connectivity index (χ0v) is 29.8. The van der Waals surface area contributed by atoms with Crippen LogP contribution in [-0.2, 0) is 19.7 Å². The maximum atomic E-state index is 13.9. The number of pyridine rings is 1. The summed E-state index contributed by atoms with van der Waals surface area (Å²) in [5.41, 5.74) is 1.01. The molecule has 0 fully saturated rings. The Morgan fingerprint density at radius 3 is 1.40 bits per heavy atom. The van der Waals surface area contributed by atoms with Gasteiger partial charge in [-0.1, -0.05) is 88.1 Å². The average Bonchev–Trinajstić information content (AvgIpc) is 3.07. The molecule has 0 unspecified atom stereocenters. The number of unbranched alkanes of at least 4 members (excludes halogenated alkanes) is 8. The summed E-state index contributed by atoms with van der Waals surface area (Å²) in [6.45, 7) is 4.33. The van der Waals surface area contributed by atoms with Gasteiger partial charge in [-0.15, -0.1) is 0 Å². The summed E-state index contributed by atoms with van der Waals surface area (Å²) in [7, 11) is -5.68. The van der Waals surface area contributed by atoms with Crippen LogP contribution < -0.4 is 10.3 Å². The highest BCUT2D eigenvalue weighted by Crippen LogP contribution is 2.26. The van der Waals surface area contributed by atoms with E-state index in [2.05, 4.69) is 26.0 Å². The minimum atomic E-state index is -3.57. The van der Waals surface area contributed by atoms with Crippen molar-refractivity contribution >= 4 is 19.7 Å². The molecular weight excluding hydrogens is 631 g/mol. The van der Waals surface area contributed by atoms with E-state index >= 15 is 0 Å². The number of benzene rings is 2. The molecule has 0 saturated carbocycles. The highest BCUT2D eigenvalue weighted by atomic mass is 32.2. The van der Waals surface area contributed by atoms with Crippen LogP contribution in [-0.4, -0.2) is 40.2 Å². The van der Waals surface area contributed by atoms with Gasteiger partial charge in [0.2, 0.25) is 0 Å². The lowest BCUT2D eigenvalue weighted by molar-refractivity contribution is 0.166. The third-order valence-electron chi connectivity index (χ3n) is 8.07. The molecule has 7 nitrogen and oxygen atoms in total. The maximum absolute atomic E-state index is 13.9. The van der Waals surface area contributed by atoms with E-state index in [9.17, 15) is 21.6 Å². The smallest absolute Gasteiger partial charge is 0.197 e. The zero-order chi connectivity index (χ0) is 34.1. The fourth-order valence-electron chi connectivity index (χ4n) is 5.30. The van der Waals surface area contributed by atoms with Gasteiger partial charge in [0, 0.05) is 11.1 Å². The quantitative estimate of drug-likeness (QED) is 0.0825. The van der Waals surface area contributed by atoms with Crippen LogP contribution >= 0.6 is 0 Å². The Labute approximate surface area is 282 Å². The molecule has 3 rings (SSSR count). The van der Waals surface area contributed by atoms with Crippen molar-refractivity contribution in [2.45, 2.75) is 101 Å². The Balaban J connectivity index is 1.80. The van der Waals surface area contributed by atoms with Gasteiger partial charge < -0.3 is 4.84 Å². The van der Waals surface area contributed by atoms with Crippen LogP contribution in [0.3, 0.4) is 0 Å². The lowest BCUT2D eigenvalue weighted by Gasteiger charge is -2.13. The molecule has 0 amide bonds. The number of rotatable bonds is 21. The highest BCUT2D eigenvalue weighted by Gasteiger charge is 2.19. The molecule has 0 saturated heterocycles. The Morgan fingerprint density at radius 1 is 0.617 bits per heavy atom. The van der Waals surface area contributed by atoms with E-state index < -0.39 is 19.7 Å². The van der Waals surface area contributed by atoms with Gasteiger partial charge >= 0.3 is 0 Å². The molecule has 3 aromatic rings. The number of hydrogen-bond acceptors (Lipinski definition) is 6. The number of nitrogens with zero attached hydrogens (tertiary/aromatic N) is 1. The molecule has 2 aromatic carbocycles. The standard InChI is InChI=1S/C38H51NO6S2/c1-4-6-8-10-12-14-16-18-26-46(41,42)34-24-20-22-32(28-34)36-30-39(45-3)31-37(38(36)40)33-23-21-25-35(29-33)47(43,44)27-19-17-15-13-11-9-7-5-2/h12-15,20-25,28-31H,4-11,16-19,26-27H2,1-3H3/b14-12+,15-13+. The minimum absolute atomic E-state index is 0.00854. The average molecular weight is 682 g/mol. The highest BCUT2D eigenvalue weighted by molar-refractivity contribution is 7.91. The molecule has 1 heterocycles. The fourth-order valence-corrected chi connectivity index (χ4v) is 8.05. The van der Waals surface area contributed by atoms with Crippen LogP contribution in [0.25, 0.3) is 22.3 Å². The number of sulfone groups is 2. The van der Waals surface area contributed by atoms with E-state index in [1.807, 2.05) is 12.2 Å². The van der Waals surface area contributed by atoms with Crippen LogP contribution in [0.4, 0.5) is 0 Å². The molecule has 47 heavy (non-hydrogen) atoms. The van der Waals surface area contributed by atoms with Crippen molar-refractivity contribution < 1.29 is 21.7 Å². The molecule has 0 radical (unpaired) electrons. The van der Waals surface area contributed by atoms with Gasteiger partial charge in [-0.3, -0.25) is 4.79 Å². The van der Waals surface area contributed by atoms with E-state index in [4.69, 9.17) is 4.84 Å². The van der Waals surface area contributed by atoms with Crippen molar-refractivity contribution in [3.63, 3.8) is 0 Å². The molecule has 0 aliphatic carbocycles. The number of hydrogen-bond donors (Lipinski definition) is 0. The molecule has 0 aliphatic heterocycles. The lowest BCUT2D eigenvalue weighted by atomic mass is 10.0. The van der Waals surface area contributed by atoms with Crippen molar-refractivity contribution in [1.82, 2.24) is 4.73 Å². The second-order valence-corrected chi connectivity index (χ2v) is 16.1. The van der Waals surface area contributed by atoms with E-state index in [0.29, 0.717) is 36.8 Å². The van der Waals surface area contributed by atoms with Crippen molar-refractivity contribution in [2.24, 2.45) is 0 Å². The first kappa shape index (κ1) is 38.0. The number of allylic oxidation sites excluding steroid dienone is 4. The Kier molecular flexibility index (Phi) is 15.7. The summed E-state index contributed by atoms with van der Waals surface area (Å²) in [5, 5.41) is 0. The van der Waals surface area contributed by atoms with Gasteiger partial charge in [0.05, 0.1) is 33.7 Å². The number of aromatic nitrogens is 1. The molecule has 0 atom stereocenters. The van der Waals surface area contributed by atoms with Gasteiger partial charge in [0.1, 0.15) is 7.11 Å². The first-order valence-corrected chi connectivity index (χ1v) is 20.2. The predicted octanol–water partition coefficient (Wildman–Crippen LogP) is 8.62. The molecule has 256 valence electrons. The largest absolute Gasteiger partial charge is 0.418 e. The zero-order valence-electron chi connectivity index (χ0n) is 28.2.